The van der Waals surface area contributed by atoms with Crippen molar-refractivity contribution < 1.29 is 19.4 Å². The largest absolute Gasteiger partial charge is 0.507 e. The molecular formula is C17H18N2O4. The second-order valence-corrected chi connectivity index (χ2v) is 5.32. The van der Waals surface area contributed by atoms with E-state index >= 15 is 0 Å². The number of carbonyl (C=O) groups is 1. The molecule has 0 saturated carbocycles. The number of nitrogen functional groups attached to an aromatic ring is 1. The molecule has 0 aromatic heterocycles. The van der Waals surface area contributed by atoms with Gasteiger partial charge in [0.25, 0.3) is 5.91 Å². The van der Waals surface area contributed by atoms with Gasteiger partial charge in [0.05, 0.1) is 12.7 Å². The molecule has 1 atom stereocenters. The van der Waals surface area contributed by atoms with Gasteiger partial charge in [0.2, 0.25) is 0 Å². The fourth-order valence-electron chi connectivity index (χ4n) is 2.43. The normalized spacial score (nSPS) is 16.6. The van der Waals surface area contributed by atoms with Crippen LogP contribution in [0.3, 0.4) is 0 Å². The van der Waals surface area contributed by atoms with E-state index in [1.165, 1.54) is 19.2 Å². The molecule has 1 heterocycles. The fourth-order valence-corrected chi connectivity index (χ4v) is 2.43. The molecule has 1 fully saturated rings. The Hall–Kier alpha value is -2.89. The van der Waals surface area contributed by atoms with E-state index in [9.17, 15) is 9.90 Å². The zero-order valence-electron chi connectivity index (χ0n) is 12.7. The number of nitrogens with two attached hydrogens (primary N) is 1. The van der Waals surface area contributed by atoms with Gasteiger partial charge in [0.15, 0.2) is 6.23 Å². The van der Waals surface area contributed by atoms with Gasteiger partial charge < -0.3 is 25.2 Å². The minimum absolute atomic E-state index is 0.0783. The van der Waals surface area contributed by atoms with Crippen LogP contribution in [0.4, 0.5) is 5.69 Å². The molecule has 0 spiro atoms. The highest BCUT2D eigenvalue weighted by Crippen LogP contribution is 2.29. The number of aromatic hydroxyl groups is 1. The number of rotatable bonds is 4. The Morgan fingerprint density at radius 1 is 1.26 bits per heavy atom. The molecule has 1 saturated heterocycles. The van der Waals surface area contributed by atoms with Crippen molar-refractivity contribution in [3.05, 3.63) is 48.0 Å². The molecular weight excluding hydrogens is 296 g/mol. The first-order chi connectivity index (χ1) is 11.1. The molecule has 6 heteroatoms. The minimum atomic E-state index is -0.366. The van der Waals surface area contributed by atoms with Crippen LogP contribution in [0.1, 0.15) is 16.8 Å². The second kappa shape index (κ2) is 6.08. The van der Waals surface area contributed by atoms with Crippen LogP contribution in [0.15, 0.2) is 42.5 Å². The van der Waals surface area contributed by atoms with Crippen molar-refractivity contribution in [1.82, 2.24) is 4.90 Å². The molecule has 6 nitrogen and oxygen atoms in total. The third-order valence-corrected chi connectivity index (χ3v) is 3.79. The minimum Gasteiger partial charge on any atom is -0.507 e. The summed E-state index contributed by atoms with van der Waals surface area (Å²) in [4.78, 5) is 14.2. The van der Waals surface area contributed by atoms with Gasteiger partial charge in [0.1, 0.15) is 17.2 Å². The van der Waals surface area contributed by atoms with E-state index in [2.05, 4.69) is 0 Å². The van der Waals surface area contributed by atoms with Crippen molar-refractivity contribution in [3.8, 4) is 17.2 Å². The smallest absolute Gasteiger partial charge is 0.260 e. The predicted molar refractivity (Wildman–Crippen MR) is 85.6 cm³/mol. The highest BCUT2D eigenvalue weighted by atomic mass is 16.5. The van der Waals surface area contributed by atoms with E-state index < -0.39 is 0 Å². The quantitative estimate of drug-likeness (QED) is 0.845. The van der Waals surface area contributed by atoms with E-state index in [1.54, 1.807) is 35.2 Å². The van der Waals surface area contributed by atoms with Crippen molar-refractivity contribution in [2.24, 2.45) is 0 Å². The van der Waals surface area contributed by atoms with Crippen LogP contribution in [-0.4, -0.2) is 35.8 Å². The van der Waals surface area contributed by atoms with Gasteiger partial charge in [-0.15, -0.1) is 0 Å². The number of hydrogen-bond donors (Lipinski definition) is 2. The standard InChI is InChI=1S/C17H18N2O4/c1-22-12-5-6-15(20)14(10-12)17(21)19-8-7-16(19)23-13-4-2-3-11(18)9-13/h2-6,9-10,16,20H,7-8,18H2,1H3. The average Bonchev–Trinajstić information content (AvgIpc) is 2.52. The summed E-state index contributed by atoms with van der Waals surface area (Å²) in [5.41, 5.74) is 6.52. The lowest BCUT2D eigenvalue weighted by Crippen LogP contribution is -2.54. The van der Waals surface area contributed by atoms with E-state index in [0.29, 0.717) is 23.7 Å². The molecule has 1 amide bonds. The van der Waals surface area contributed by atoms with Crippen LogP contribution in [0.5, 0.6) is 17.2 Å². The van der Waals surface area contributed by atoms with Gasteiger partial charge >= 0.3 is 0 Å². The Kier molecular flexibility index (Phi) is 3.97. The lowest BCUT2D eigenvalue weighted by atomic mass is 10.1. The van der Waals surface area contributed by atoms with Gasteiger partial charge in [0, 0.05) is 24.7 Å². The van der Waals surface area contributed by atoms with Crippen molar-refractivity contribution >= 4 is 11.6 Å². The van der Waals surface area contributed by atoms with Crippen LogP contribution in [0.25, 0.3) is 0 Å². The van der Waals surface area contributed by atoms with E-state index in [0.717, 1.165) is 6.42 Å². The van der Waals surface area contributed by atoms with Gasteiger partial charge in [-0.3, -0.25) is 4.79 Å². The predicted octanol–water partition coefficient (Wildman–Crippen LogP) is 2.23. The highest BCUT2D eigenvalue weighted by Gasteiger charge is 2.35. The molecule has 0 bridgehead atoms. The first-order valence-electron chi connectivity index (χ1n) is 7.28. The van der Waals surface area contributed by atoms with Crippen molar-refractivity contribution in [2.45, 2.75) is 12.6 Å². The first kappa shape index (κ1) is 15.0. The van der Waals surface area contributed by atoms with Crippen LogP contribution in [0.2, 0.25) is 0 Å². The molecule has 120 valence electrons. The first-order valence-corrected chi connectivity index (χ1v) is 7.28. The summed E-state index contributed by atoms with van der Waals surface area (Å²) in [5, 5.41) is 9.92. The molecule has 23 heavy (non-hydrogen) atoms. The summed E-state index contributed by atoms with van der Waals surface area (Å²) >= 11 is 0. The molecule has 2 aromatic carbocycles. The second-order valence-electron chi connectivity index (χ2n) is 5.32. The Labute approximate surface area is 134 Å². The maximum atomic E-state index is 12.6. The van der Waals surface area contributed by atoms with Crippen molar-refractivity contribution in [1.29, 1.82) is 0 Å². The lowest BCUT2D eigenvalue weighted by Gasteiger charge is -2.40. The van der Waals surface area contributed by atoms with Crippen LogP contribution < -0.4 is 15.2 Å². The summed E-state index contributed by atoms with van der Waals surface area (Å²) in [5.74, 6) is 0.759. The fraction of sp³-hybridized carbons (Fsp3) is 0.235. The summed E-state index contributed by atoms with van der Waals surface area (Å²) in [6.07, 6.45) is 0.362. The zero-order valence-corrected chi connectivity index (χ0v) is 12.7. The average molecular weight is 314 g/mol. The SMILES string of the molecule is COc1ccc(O)c(C(=O)N2CCC2Oc2cccc(N)c2)c1. The molecule has 0 aliphatic carbocycles. The number of phenols is 1. The maximum Gasteiger partial charge on any atom is 0.260 e. The molecule has 1 aliphatic heterocycles. The highest BCUT2D eigenvalue weighted by molar-refractivity contribution is 5.97. The van der Waals surface area contributed by atoms with Crippen molar-refractivity contribution in [3.63, 3.8) is 0 Å². The number of carbonyl (C=O) groups excluding carboxylic acids is 1. The Balaban J connectivity index is 1.75. The Morgan fingerprint density at radius 2 is 2.09 bits per heavy atom. The topological polar surface area (TPSA) is 85.0 Å². The Morgan fingerprint density at radius 3 is 2.74 bits per heavy atom. The van der Waals surface area contributed by atoms with Crippen LogP contribution >= 0.6 is 0 Å². The molecule has 3 rings (SSSR count). The number of hydrogen-bond acceptors (Lipinski definition) is 5. The molecule has 1 aliphatic rings. The third kappa shape index (κ3) is 3.01. The number of anilines is 1. The molecule has 3 N–H and O–H groups in total. The van der Waals surface area contributed by atoms with Gasteiger partial charge in [-0.2, -0.15) is 0 Å². The molecule has 2 aromatic rings. The number of methoxy groups -OCH3 is 1. The summed E-state index contributed by atoms with van der Waals surface area (Å²) in [6.45, 7) is 0.572. The van der Waals surface area contributed by atoms with Gasteiger partial charge in [-0.1, -0.05) is 6.07 Å². The number of amides is 1. The summed E-state index contributed by atoms with van der Waals surface area (Å²) < 4.78 is 10.9. The summed E-state index contributed by atoms with van der Waals surface area (Å²) in [7, 11) is 1.51. The maximum absolute atomic E-state index is 12.6. The number of phenolic OH excluding ortho intramolecular Hbond substituents is 1. The number of nitrogens with zero attached hydrogens (tertiary/aromatic N) is 1. The summed E-state index contributed by atoms with van der Waals surface area (Å²) in [6, 6.07) is 11.6. The van der Waals surface area contributed by atoms with E-state index in [-0.39, 0.29) is 23.4 Å². The lowest BCUT2D eigenvalue weighted by molar-refractivity contribution is -0.0351. The van der Waals surface area contributed by atoms with Crippen molar-refractivity contribution in [2.75, 3.05) is 19.4 Å². The van der Waals surface area contributed by atoms with E-state index in [4.69, 9.17) is 15.2 Å². The monoisotopic (exact) mass is 314 g/mol. The van der Waals surface area contributed by atoms with E-state index in [1.807, 2.05) is 0 Å². The molecule has 0 radical (unpaired) electrons. The number of benzene rings is 2. The van der Waals surface area contributed by atoms with Crippen LogP contribution in [0, 0.1) is 0 Å². The third-order valence-electron chi connectivity index (χ3n) is 3.79. The van der Waals surface area contributed by atoms with Gasteiger partial charge in [-0.25, -0.2) is 0 Å². The van der Waals surface area contributed by atoms with Gasteiger partial charge in [-0.05, 0) is 30.3 Å². The number of likely N-dealkylation sites (tertiary alicyclic amines) is 1. The Bertz CT molecular complexity index is 732. The zero-order chi connectivity index (χ0) is 16.4. The van der Waals surface area contributed by atoms with Crippen LogP contribution in [-0.2, 0) is 0 Å². The number of ether oxygens (including phenoxy) is 2. The molecule has 1 unspecified atom stereocenters.